The summed E-state index contributed by atoms with van der Waals surface area (Å²) in [6.45, 7) is 4.68. The highest BCUT2D eigenvalue weighted by Gasteiger charge is 2.43. The predicted molar refractivity (Wildman–Crippen MR) is 124 cm³/mol. The number of aryl methyl sites for hydroxylation is 1. The van der Waals surface area contributed by atoms with Crippen LogP contribution >= 0.6 is 11.8 Å². The molecule has 2 aromatic rings. The summed E-state index contributed by atoms with van der Waals surface area (Å²) in [4.78, 5) is 44.7. The maximum atomic E-state index is 13.5. The van der Waals surface area contributed by atoms with Crippen molar-refractivity contribution < 1.29 is 14.4 Å². The lowest BCUT2D eigenvalue weighted by Crippen LogP contribution is -2.56. The van der Waals surface area contributed by atoms with Gasteiger partial charge in [0.05, 0.1) is 11.1 Å². The summed E-state index contributed by atoms with van der Waals surface area (Å²) in [6, 6.07) is 14.4. The number of carbonyl (C=O) groups excluding carboxylic acids is 3. The van der Waals surface area contributed by atoms with Crippen molar-refractivity contribution in [3.63, 3.8) is 0 Å². The van der Waals surface area contributed by atoms with E-state index in [9.17, 15) is 14.4 Å². The second kappa shape index (κ2) is 9.14. The Morgan fingerprint density at radius 3 is 2.19 bits per heavy atom. The lowest BCUT2D eigenvalue weighted by atomic mass is 10.1. The third-order valence-electron chi connectivity index (χ3n) is 5.98. The molecule has 0 spiro atoms. The molecule has 7 heteroatoms. The van der Waals surface area contributed by atoms with Crippen LogP contribution in [0.4, 0.5) is 5.69 Å². The first-order chi connectivity index (χ1) is 15.0. The summed E-state index contributed by atoms with van der Waals surface area (Å²) in [6.07, 6.45) is 2.42. The molecule has 3 amide bonds. The fourth-order valence-electron chi connectivity index (χ4n) is 4.30. The molecule has 0 saturated carbocycles. The highest BCUT2D eigenvalue weighted by molar-refractivity contribution is 7.98. The van der Waals surface area contributed by atoms with Crippen LogP contribution in [0.3, 0.4) is 0 Å². The Bertz CT molecular complexity index is 966. The van der Waals surface area contributed by atoms with Gasteiger partial charge >= 0.3 is 0 Å². The maximum Gasteiger partial charge on any atom is 0.262 e. The lowest BCUT2D eigenvalue weighted by molar-refractivity contribution is -0.135. The highest BCUT2D eigenvalue weighted by Crippen LogP contribution is 2.27. The van der Waals surface area contributed by atoms with Crippen LogP contribution in [0, 0.1) is 6.92 Å². The zero-order chi connectivity index (χ0) is 22.0. The number of thioether (sulfide) groups is 1. The molecule has 0 aliphatic carbocycles. The molecule has 1 fully saturated rings. The van der Waals surface area contributed by atoms with Crippen LogP contribution < -0.4 is 4.90 Å². The first-order valence-electron chi connectivity index (χ1n) is 10.6. The number of hydrogen-bond donors (Lipinski definition) is 0. The van der Waals surface area contributed by atoms with E-state index < -0.39 is 6.04 Å². The largest absolute Gasteiger partial charge is 0.368 e. The molecule has 0 radical (unpaired) electrons. The van der Waals surface area contributed by atoms with Crippen molar-refractivity contribution in [3.8, 4) is 0 Å². The Kier molecular flexibility index (Phi) is 6.32. The van der Waals surface area contributed by atoms with Crippen LogP contribution in [0.1, 0.15) is 32.7 Å². The fourth-order valence-corrected chi connectivity index (χ4v) is 4.76. The highest BCUT2D eigenvalue weighted by atomic mass is 32.2. The predicted octanol–water partition coefficient (Wildman–Crippen LogP) is 3.06. The maximum absolute atomic E-state index is 13.5. The minimum atomic E-state index is -0.759. The molecule has 0 N–H and O–H groups in total. The number of imide groups is 1. The zero-order valence-electron chi connectivity index (χ0n) is 17.9. The van der Waals surface area contributed by atoms with E-state index in [2.05, 4.69) is 30.0 Å². The van der Waals surface area contributed by atoms with E-state index in [0.717, 1.165) is 18.8 Å². The van der Waals surface area contributed by atoms with Crippen molar-refractivity contribution >= 4 is 35.2 Å². The first-order valence-corrected chi connectivity index (χ1v) is 12.0. The number of piperazine rings is 1. The van der Waals surface area contributed by atoms with Gasteiger partial charge in [-0.2, -0.15) is 11.8 Å². The molecule has 2 aliphatic heterocycles. The lowest BCUT2D eigenvalue weighted by Gasteiger charge is -2.38. The Labute approximate surface area is 187 Å². The average Bonchev–Trinajstić information content (AvgIpc) is 3.05. The summed E-state index contributed by atoms with van der Waals surface area (Å²) < 4.78 is 0. The Morgan fingerprint density at radius 1 is 0.968 bits per heavy atom. The van der Waals surface area contributed by atoms with Crippen molar-refractivity contribution in [1.82, 2.24) is 9.80 Å². The van der Waals surface area contributed by atoms with E-state index >= 15 is 0 Å². The van der Waals surface area contributed by atoms with Crippen LogP contribution in [-0.2, 0) is 4.79 Å². The smallest absolute Gasteiger partial charge is 0.262 e. The molecule has 0 bridgehead atoms. The normalized spacial score (nSPS) is 17.2. The molecule has 2 aromatic carbocycles. The number of benzene rings is 2. The van der Waals surface area contributed by atoms with Gasteiger partial charge in [-0.05, 0) is 55.2 Å². The topological polar surface area (TPSA) is 60.9 Å². The molecule has 31 heavy (non-hydrogen) atoms. The number of amides is 3. The van der Waals surface area contributed by atoms with E-state index in [-0.39, 0.29) is 17.7 Å². The third-order valence-corrected chi connectivity index (χ3v) is 6.62. The Balaban J connectivity index is 1.50. The number of carbonyl (C=O) groups is 3. The molecule has 1 saturated heterocycles. The quantitative estimate of drug-likeness (QED) is 0.650. The SMILES string of the molecule is CSCCC(C(=O)N1CCN(c2cccc(C)c2)CC1)N1C(=O)c2ccccc2C1=O. The number of fused-ring (bicyclic) bond motifs is 1. The number of hydrogen-bond acceptors (Lipinski definition) is 5. The molecule has 2 heterocycles. The Morgan fingerprint density at radius 2 is 1.61 bits per heavy atom. The van der Waals surface area contributed by atoms with Crippen LogP contribution in [0.2, 0.25) is 0 Å². The van der Waals surface area contributed by atoms with Gasteiger partial charge in [-0.3, -0.25) is 19.3 Å². The van der Waals surface area contributed by atoms with Gasteiger partial charge in [0, 0.05) is 31.9 Å². The van der Waals surface area contributed by atoms with Gasteiger partial charge in [0.25, 0.3) is 11.8 Å². The van der Waals surface area contributed by atoms with E-state index in [4.69, 9.17) is 0 Å². The zero-order valence-corrected chi connectivity index (χ0v) is 18.7. The molecular formula is C24H27N3O3S. The van der Waals surface area contributed by atoms with Gasteiger partial charge < -0.3 is 9.80 Å². The Hall–Kier alpha value is -2.80. The van der Waals surface area contributed by atoms with Gasteiger partial charge in [-0.1, -0.05) is 24.3 Å². The molecule has 4 rings (SSSR count). The summed E-state index contributed by atoms with van der Waals surface area (Å²) in [7, 11) is 0. The van der Waals surface area contributed by atoms with Gasteiger partial charge in [-0.15, -0.1) is 0 Å². The number of anilines is 1. The van der Waals surface area contributed by atoms with Gasteiger partial charge in [0.2, 0.25) is 5.91 Å². The molecule has 1 unspecified atom stereocenters. The minimum absolute atomic E-state index is 0.132. The third kappa shape index (κ3) is 4.19. The minimum Gasteiger partial charge on any atom is -0.368 e. The summed E-state index contributed by atoms with van der Waals surface area (Å²) in [5, 5.41) is 0. The molecule has 6 nitrogen and oxygen atoms in total. The van der Waals surface area contributed by atoms with Gasteiger partial charge in [0.1, 0.15) is 6.04 Å². The van der Waals surface area contributed by atoms with Crippen LogP contribution in [0.15, 0.2) is 48.5 Å². The van der Waals surface area contributed by atoms with Crippen molar-refractivity contribution in [2.75, 3.05) is 43.1 Å². The number of nitrogens with zero attached hydrogens (tertiary/aromatic N) is 3. The standard InChI is InChI=1S/C24H27N3O3S/c1-17-6-5-7-18(16-17)25-11-13-26(14-12-25)24(30)21(10-15-31-2)27-22(28)19-8-3-4-9-20(19)23(27)29/h3-9,16,21H,10-15H2,1-2H3. The molecule has 162 valence electrons. The molecule has 0 aromatic heterocycles. The molecule has 2 aliphatic rings. The van der Waals surface area contributed by atoms with Crippen molar-refractivity contribution in [1.29, 1.82) is 0 Å². The van der Waals surface area contributed by atoms with Crippen LogP contribution in [0.25, 0.3) is 0 Å². The second-order valence-corrected chi connectivity index (χ2v) is 8.96. The second-order valence-electron chi connectivity index (χ2n) is 7.97. The van der Waals surface area contributed by atoms with E-state index in [1.807, 2.05) is 12.3 Å². The van der Waals surface area contributed by atoms with E-state index in [1.165, 1.54) is 10.5 Å². The average molecular weight is 438 g/mol. The summed E-state index contributed by atoms with van der Waals surface area (Å²) in [5.41, 5.74) is 3.14. The first kappa shape index (κ1) is 21.4. The van der Waals surface area contributed by atoms with Crippen LogP contribution in [-0.4, -0.2) is 71.8 Å². The molecule has 1 atom stereocenters. The van der Waals surface area contributed by atoms with Gasteiger partial charge in [-0.25, -0.2) is 0 Å². The number of rotatable bonds is 6. The van der Waals surface area contributed by atoms with E-state index in [0.29, 0.717) is 36.4 Å². The van der Waals surface area contributed by atoms with Crippen molar-refractivity contribution in [3.05, 3.63) is 65.2 Å². The monoisotopic (exact) mass is 437 g/mol. The summed E-state index contributed by atoms with van der Waals surface area (Å²) >= 11 is 1.61. The summed E-state index contributed by atoms with van der Waals surface area (Å²) in [5.74, 6) is -0.156. The van der Waals surface area contributed by atoms with Crippen molar-refractivity contribution in [2.24, 2.45) is 0 Å². The van der Waals surface area contributed by atoms with E-state index in [1.54, 1.807) is 40.9 Å². The van der Waals surface area contributed by atoms with Gasteiger partial charge in [0.15, 0.2) is 0 Å². The van der Waals surface area contributed by atoms with Crippen LogP contribution in [0.5, 0.6) is 0 Å². The van der Waals surface area contributed by atoms with Crippen molar-refractivity contribution in [2.45, 2.75) is 19.4 Å². The fraction of sp³-hybridized carbons (Fsp3) is 0.375. The molecular weight excluding hydrogens is 410 g/mol.